The molecule has 1 saturated heterocycles. The molecular weight excluding hydrogens is 661 g/mol. The summed E-state index contributed by atoms with van der Waals surface area (Å²) < 4.78 is 81.6. The van der Waals surface area contributed by atoms with E-state index in [-0.39, 0.29) is 0 Å². The zero-order valence-corrected chi connectivity index (χ0v) is 37.9. The van der Waals surface area contributed by atoms with Gasteiger partial charge in [-0.1, -0.05) is 0 Å². The summed E-state index contributed by atoms with van der Waals surface area (Å²) in [5, 5.41) is 0. The Balaban J connectivity index is 2.00. The first-order chi connectivity index (χ1) is 15.0. The molecule has 1 heterocycles. The van der Waals surface area contributed by atoms with Gasteiger partial charge in [-0.2, -0.15) is 0 Å². The van der Waals surface area contributed by atoms with Crippen LogP contribution < -0.4 is 0 Å². The van der Waals surface area contributed by atoms with Crippen molar-refractivity contribution in [2.24, 2.45) is 0 Å². The monoisotopic (exact) mass is 690 g/mol. The normalized spacial score (nSPS) is 36.0. The fourth-order valence-electron chi connectivity index (χ4n) is 1.39. The molecule has 1 fully saturated rings. The number of rotatable bonds is 0. The molecule has 0 unspecified atom stereocenters. The summed E-state index contributed by atoms with van der Waals surface area (Å²) in [6.07, 6.45) is 0. The van der Waals surface area contributed by atoms with E-state index in [1.165, 1.54) is 0 Å². The molecule has 0 saturated carbocycles. The molecule has 0 aromatic heterocycles. The van der Waals surface area contributed by atoms with Gasteiger partial charge in [-0.05, 0) is 0 Å². The van der Waals surface area contributed by atoms with Crippen LogP contribution in [-0.4, -0.2) is 150 Å². The fraction of sp³-hybridized carbons (Fsp3) is 0. The molecule has 0 amide bonds. The van der Waals surface area contributed by atoms with E-state index in [1.54, 1.807) is 0 Å². The van der Waals surface area contributed by atoms with Crippen molar-refractivity contribution in [3.05, 3.63) is 0 Å². The summed E-state index contributed by atoms with van der Waals surface area (Å²) >= 11 is 0. The van der Waals surface area contributed by atoms with Crippen molar-refractivity contribution in [1.29, 1.82) is 0 Å². The van der Waals surface area contributed by atoms with E-state index in [0.717, 1.165) is 0 Å². The van der Waals surface area contributed by atoms with Crippen molar-refractivity contribution in [3.8, 4) is 0 Å². The first kappa shape index (κ1) is 30.7. The third kappa shape index (κ3) is 25.3. The zero-order valence-electron chi connectivity index (χ0n) is 16.7. The van der Waals surface area contributed by atoms with Crippen molar-refractivity contribution >= 4 is 150 Å². The Labute approximate surface area is 210 Å². The Morgan fingerprint density at radius 2 is 0.200 bits per heavy atom. The predicted octanol–water partition coefficient (Wildman–Crippen LogP) is -14.8. The van der Waals surface area contributed by atoms with E-state index in [0.29, 0.717) is 0 Å². The molecule has 0 aromatic carbocycles. The molecule has 0 atom stereocenters. The second-order valence-corrected chi connectivity index (χ2v) is 32.9. The minimum atomic E-state index is -0.997. The van der Waals surface area contributed by atoms with Crippen molar-refractivity contribution in [2.45, 2.75) is 0 Å². The molecule has 0 aromatic rings. The summed E-state index contributed by atoms with van der Waals surface area (Å²) in [5.41, 5.74) is 0. The minimum Gasteiger partial charge on any atom is -0.425 e. The minimum absolute atomic E-state index is 0.997. The SMILES string of the molecule is O1[SiH2]O[SiH2]O[SiH2]O[SiH2]O[SiH2]O[SiH2]O[SiH2]O[SiH2]O[SiH2]O[SiH2]O[SiH2]O[SiH2]O[SiH2]O[SiH2]O[SiH2]1. The van der Waals surface area contributed by atoms with Crippen LogP contribution in [0.4, 0.5) is 0 Å². The average molecular weight is 692 g/mol. The van der Waals surface area contributed by atoms with Gasteiger partial charge < -0.3 is 61.7 Å². The van der Waals surface area contributed by atoms with Gasteiger partial charge >= 0.3 is 0 Å². The lowest BCUT2D eigenvalue weighted by atomic mass is 15.7. The maximum absolute atomic E-state index is 5.44. The van der Waals surface area contributed by atoms with E-state index >= 15 is 0 Å². The Kier molecular flexibility index (Phi) is 28.5. The third-order valence-electron chi connectivity index (χ3n) is 2.50. The highest BCUT2D eigenvalue weighted by Crippen LogP contribution is 1.81. The Morgan fingerprint density at radius 3 is 0.267 bits per heavy atom. The van der Waals surface area contributed by atoms with Crippen molar-refractivity contribution in [1.82, 2.24) is 0 Å². The first-order valence-corrected chi connectivity index (χ1v) is 26.0. The molecule has 0 bridgehead atoms. The molecule has 0 aliphatic carbocycles. The average Bonchev–Trinajstić information content (AvgIpc) is 2.76. The largest absolute Gasteiger partial charge is 0.425 e. The van der Waals surface area contributed by atoms with E-state index in [1.807, 2.05) is 0 Å². The molecule has 1 rings (SSSR count). The molecule has 1 aliphatic rings. The highest BCUT2D eigenvalue weighted by molar-refractivity contribution is 6.52. The number of hydrogen-bond donors (Lipinski definition) is 0. The van der Waals surface area contributed by atoms with Crippen LogP contribution >= 0.6 is 0 Å². The summed E-state index contributed by atoms with van der Waals surface area (Å²) in [6.45, 7) is 0. The molecule has 0 N–H and O–H groups in total. The van der Waals surface area contributed by atoms with Crippen LogP contribution in [0.15, 0.2) is 0 Å². The Bertz CT molecular complexity index is 177. The van der Waals surface area contributed by atoms with Crippen LogP contribution in [0, 0.1) is 0 Å². The lowest BCUT2D eigenvalue weighted by Gasteiger charge is -2.10. The highest BCUT2D eigenvalue weighted by atomic mass is 28.4. The topological polar surface area (TPSA) is 138 Å². The molecule has 15 nitrogen and oxygen atoms in total. The van der Waals surface area contributed by atoms with Crippen LogP contribution in [0.3, 0.4) is 0 Å². The molecule has 0 spiro atoms. The maximum atomic E-state index is 5.44. The zero-order chi connectivity index (χ0) is 21.2. The number of hydrogen-bond acceptors (Lipinski definition) is 15. The van der Waals surface area contributed by atoms with Gasteiger partial charge in [0.25, 0.3) is 150 Å². The molecule has 30 heteroatoms. The second-order valence-electron chi connectivity index (χ2n) is 4.83. The molecular formula is H30O15Si15. The maximum Gasteiger partial charge on any atom is 0.286 e. The van der Waals surface area contributed by atoms with E-state index in [9.17, 15) is 0 Å². The Hall–Kier alpha value is 2.65. The molecule has 1 aliphatic heterocycles. The third-order valence-corrected chi connectivity index (χ3v) is 22.5. The van der Waals surface area contributed by atoms with Crippen molar-refractivity contribution in [3.63, 3.8) is 0 Å². The fourth-order valence-corrected chi connectivity index (χ4v) is 28.5. The van der Waals surface area contributed by atoms with Crippen LogP contribution in [0.25, 0.3) is 0 Å². The van der Waals surface area contributed by atoms with Gasteiger partial charge in [-0.25, -0.2) is 0 Å². The second kappa shape index (κ2) is 27.9. The van der Waals surface area contributed by atoms with Gasteiger partial charge in [-0.3, -0.25) is 0 Å². The van der Waals surface area contributed by atoms with E-state index in [2.05, 4.69) is 0 Å². The van der Waals surface area contributed by atoms with E-state index < -0.39 is 150 Å². The lowest BCUT2D eigenvalue weighted by Crippen LogP contribution is -2.23. The highest BCUT2D eigenvalue weighted by Gasteiger charge is 1.99. The van der Waals surface area contributed by atoms with Crippen LogP contribution in [0.5, 0.6) is 0 Å². The molecule has 180 valence electrons. The summed E-state index contributed by atoms with van der Waals surface area (Å²) in [7, 11) is -15.0. The van der Waals surface area contributed by atoms with Gasteiger partial charge in [-0.15, -0.1) is 0 Å². The summed E-state index contributed by atoms with van der Waals surface area (Å²) in [5.74, 6) is 0. The van der Waals surface area contributed by atoms with Gasteiger partial charge in [0.15, 0.2) is 0 Å². The van der Waals surface area contributed by atoms with Crippen LogP contribution in [0.2, 0.25) is 0 Å². The summed E-state index contributed by atoms with van der Waals surface area (Å²) in [6, 6.07) is 0. The van der Waals surface area contributed by atoms with E-state index in [4.69, 9.17) is 61.7 Å². The summed E-state index contributed by atoms with van der Waals surface area (Å²) in [4.78, 5) is 0. The van der Waals surface area contributed by atoms with Gasteiger partial charge in [0.05, 0.1) is 0 Å². The smallest absolute Gasteiger partial charge is 0.286 e. The van der Waals surface area contributed by atoms with Crippen molar-refractivity contribution < 1.29 is 61.7 Å². The predicted molar refractivity (Wildman–Crippen MR) is 144 cm³/mol. The standard InChI is InChI=1S/H30O15Si15/c1-16-2-18-4-20-6-22-8-24-10-26-12-28-14-30-15-29-13-27-11-25-9-23-7-21-5-19-3-17-1/h16-30H2. The van der Waals surface area contributed by atoms with Gasteiger partial charge in [0.1, 0.15) is 0 Å². The van der Waals surface area contributed by atoms with Gasteiger partial charge in [0, 0.05) is 0 Å². The molecule has 0 radical (unpaired) electrons. The quantitative estimate of drug-likeness (QED) is 0.222. The molecule has 30 heavy (non-hydrogen) atoms. The van der Waals surface area contributed by atoms with Crippen molar-refractivity contribution in [2.75, 3.05) is 0 Å². The lowest BCUT2D eigenvalue weighted by molar-refractivity contribution is 0.351. The van der Waals surface area contributed by atoms with Crippen LogP contribution in [-0.2, 0) is 61.7 Å². The van der Waals surface area contributed by atoms with Gasteiger partial charge in [0.2, 0.25) is 0 Å². The first-order valence-electron chi connectivity index (χ1n) is 8.66. The van der Waals surface area contributed by atoms with Crippen LogP contribution in [0.1, 0.15) is 0 Å². The Morgan fingerprint density at radius 1 is 0.133 bits per heavy atom.